The fourth-order valence-electron chi connectivity index (χ4n) is 2.17. The molecule has 2 rings (SSSR count). The minimum atomic E-state index is -0.468. The standard InChI is InChI=1S/C19H20N4O/c1-12-7-8-16(21)18(9-12)22-11-15(10-20)19(24)23-17-6-4-5-13(2)14(17)3/h4-9,11,22H,21H2,1-3H3,(H,23,24)/b15-11-. The van der Waals surface area contributed by atoms with Crippen molar-refractivity contribution in [3.63, 3.8) is 0 Å². The lowest BCUT2D eigenvalue weighted by molar-refractivity contribution is -0.112. The van der Waals surface area contributed by atoms with Gasteiger partial charge in [-0.15, -0.1) is 0 Å². The molecular formula is C19H20N4O. The van der Waals surface area contributed by atoms with Crippen molar-refractivity contribution in [1.82, 2.24) is 0 Å². The highest BCUT2D eigenvalue weighted by Gasteiger charge is 2.11. The number of carbonyl (C=O) groups excluding carboxylic acids is 1. The second-order valence-electron chi connectivity index (χ2n) is 5.61. The number of rotatable bonds is 4. The summed E-state index contributed by atoms with van der Waals surface area (Å²) in [7, 11) is 0. The van der Waals surface area contributed by atoms with Gasteiger partial charge in [-0.2, -0.15) is 5.26 Å². The Morgan fingerprint density at radius 3 is 2.62 bits per heavy atom. The molecule has 2 aromatic rings. The van der Waals surface area contributed by atoms with Crippen LogP contribution in [0.5, 0.6) is 0 Å². The van der Waals surface area contributed by atoms with Crippen LogP contribution in [0.15, 0.2) is 48.2 Å². The first-order valence-electron chi connectivity index (χ1n) is 7.53. The smallest absolute Gasteiger partial charge is 0.267 e. The number of hydrogen-bond donors (Lipinski definition) is 3. The molecule has 5 heteroatoms. The van der Waals surface area contributed by atoms with E-state index in [1.165, 1.54) is 6.20 Å². The predicted octanol–water partition coefficient (Wildman–Crippen LogP) is 3.65. The topological polar surface area (TPSA) is 90.9 Å². The molecule has 0 bridgehead atoms. The van der Waals surface area contributed by atoms with E-state index >= 15 is 0 Å². The van der Waals surface area contributed by atoms with Crippen LogP contribution < -0.4 is 16.4 Å². The van der Waals surface area contributed by atoms with Crippen LogP contribution in [0, 0.1) is 32.1 Å². The summed E-state index contributed by atoms with van der Waals surface area (Å²) in [5.41, 5.74) is 10.8. The maximum Gasteiger partial charge on any atom is 0.267 e. The number of nitrogens with zero attached hydrogens (tertiary/aromatic N) is 1. The van der Waals surface area contributed by atoms with Crippen molar-refractivity contribution < 1.29 is 4.79 Å². The Hall–Kier alpha value is -3.26. The summed E-state index contributed by atoms with van der Waals surface area (Å²) < 4.78 is 0. The summed E-state index contributed by atoms with van der Waals surface area (Å²) in [6.45, 7) is 5.83. The highest BCUT2D eigenvalue weighted by atomic mass is 16.1. The van der Waals surface area contributed by atoms with E-state index < -0.39 is 5.91 Å². The molecule has 0 aliphatic heterocycles. The van der Waals surface area contributed by atoms with Gasteiger partial charge in [0.1, 0.15) is 11.6 Å². The first kappa shape index (κ1) is 17.1. The lowest BCUT2D eigenvalue weighted by Gasteiger charge is -2.10. The monoisotopic (exact) mass is 320 g/mol. The molecule has 0 atom stereocenters. The molecule has 0 aliphatic rings. The number of nitriles is 1. The van der Waals surface area contributed by atoms with E-state index in [0.29, 0.717) is 17.1 Å². The Balaban J connectivity index is 2.18. The van der Waals surface area contributed by atoms with Gasteiger partial charge in [0.05, 0.1) is 11.4 Å². The van der Waals surface area contributed by atoms with E-state index in [-0.39, 0.29) is 5.57 Å². The maximum absolute atomic E-state index is 12.3. The molecule has 0 aromatic heterocycles. The Morgan fingerprint density at radius 2 is 1.92 bits per heavy atom. The van der Waals surface area contributed by atoms with Crippen LogP contribution in [0.2, 0.25) is 0 Å². The largest absolute Gasteiger partial charge is 0.397 e. The third kappa shape index (κ3) is 3.93. The van der Waals surface area contributed by atoms with Crippen LogP contribution in [-0.2, 0) is 4.79 Å². The van der Waals surface area contributed by atoms with Crippen molar-refractivity contribution in [1.29, 1.82) is 5.26 Å². The number of benzene rings is 2. The molecule has 122 valence electrons. The summed E-state index contributed by atoms with van der Waals surface area (Å²) in [4.78, 5) is 12.3. The third-order valence-electron chi connectivity index (χ3n) is 3.80. The van der Waals surface area contributed by atoms with Crippen LogP contribution in [0.3, 0.4) is 0 Å². The Morgan fingerprint density at radius 1 is 1.17 bits per heavy atom. The molecule has 1 amide bonds. The van der Waals surface area contributed by atoms with Gasteiger partial charge in [-0.05, 0) is 55.7 Å². The Kier molecular flexibility index (Phi) is 5.23. The SMILES string of the molecule is Cc1ccc(N)c(N/C=C(/C#N)C(=O)Nc2cccc(C)c2C)c1. The molecule has 0 aliphatic carbocycles. The van der Waals surface area contributed by atoms with Crippen LogP contribution >= 0.6 is 0 Å². The molecule has 0 saturated heterocycles. The van der Waals surface area contributed by atoms with Gasteiger partial charge < -0.3 is 16.4 Å². The molecule has 5 nitrogen and oxygen atoms in total. The molecule has 0 heterocycles. The predicted molar refractivity (Wildman–Crippen MR) is 97.5 cm³/mol. The summed E-state index contributed by atoms with van der Waals surface area (Å²) >= 11 is 0. The lowest BCUT2D eigenvalue weighted by atomic mass is 10.1. The molecule has 4 N–H and O–H groups in total. The van der Waals surface area contributed by atoms with E-state index in [1.54, 1.807) is 12.1 Å². The minimum Gasteiger partial charge on any atom is -0.397 e. The molecule has 0 spiro atoms. The summed E-state index contributed by atoms with van der Waals surface area (Å²) in [5, 5.41) is 14.9. The van der Waals surface area contributed by atoms with Crippen molar-refractivity contribution in [2.45, 2.75) is 20.8 Å². The first-order valence-corrected chi connectivity index (χ1v) is 7.53. The Labute approximate surface area is 141 Å². The van der Waals surface area contributed by atoms with Crippen molar-refractivity contribution >= 4 is 23.0 Å². The van der Waals surface area contributed by atoms with Gasteiger partial charge in [0.2, 0.25) is 0 Å². The molecule has 0 unspecified atom stereocenters. The van der Waals surface area contributed by atoms with Gasteiger partial charge in [0.15, 0.2) is 0 Å². The van der Waals surface area contributed by atoms with Crippen molar-refractivity contribution in [3.05, 3.63) is 64.9 Å². The van der Waals surface area contributed by atoms with Crippen molar-refractivity contribution in [2.75, 3.05) is 16.4 Å². The second-order valence-corrected chi connectivity index (χ2v) is 5.61. The second kappa shape index (κ2) is 7.34. The minimum absolute atomic E-state index is 0.0307. The first-order chi connectivity index (χ1) is 11.4. The van der Waals surface area contributed by atoms with Gasteiger partial charge in [-0.25, -0.2) is 0 Å². The zero-order valence-electron chi connectivity index (χ0n) is 14.0. The maximum atomic E-state index is 12.3. The highest BCUT2D eigenvalue weighted by molar-refractivity contribution is 6.07. The number of carbonyl (C=O) groups is 1. The van der Waals surface area contributed by atoms with Gasteiger partial charge in [-0.1, -0.05) is 18.2 Å². The van der Waals surface area contributed by atoms with Crippen molar-refractivity contribution in [2.24, 2.45) is 0 Å². The number of aryl methyl sites for hydroxylation is 2. The van der Waals surface area contributed by atoms with Crippen LogP contribution in [0.25, 0.3) is 0 Å². The summed E-state index contributed by atoms with van der Waals surface area (Å²) in [6, 6.07) is 13.1. The Bertz CT molecular complexity index is 847. The number of nitrogens with two attached hydrogens (primary N) is 1. The van der Waals surface area contributed by atoms with E-state index in [4.69, 9.17) is 5.73 Å². The fourth-order valence-corrected chi connectivity index (χ4v) is 2.17. The van der Waals surface area contributed by atoms with Crippen LogP contribution in [-0.4, -0.2) is 5.91 Å². The highest BCUT2D eigenvalue weighted by Crippen LogP contribution is 2.21. The number of nitrogen functional groups attached to an aromatic ring is 1. The molecular weight excluding hydrogens is 300 g/mol. The van der Waals surface area contributed by atoms with Crippen LogP contribution in [0.1, 0.15) is 16.7 Å². The fraction of sp³-hybridized carbons (Fsp3) is 0.158. The van der Waals surface area contributed by atoms with Gasteiger partial charge in [-0.3, -0.25) is 4.79 Å². The number of nitrogens with one attached hydrogen (secondary N) is 2. The molecule has 0 fully saturated rings. The lowest BCUT2D eigenvalue weighted by Crippen LogP contribution is -2.15. The van der Waals surface area contributed by atoms with Gasteiger partial charge in [0.25, 0.3) is 5.91 Å². The summed E-state index contributed by atoms with van der Waals surface area (Å²) in [6.07, 6.45) is 1.37. The third-order valence-corrected chi connectivity index (χ3v) is 3.80. The number of hydrogen-bond acceptors (Lipinski definition) is 4. The van der Waals surface area contributed by atoms with E-state index in [2.05, 4.69) is 10.6 Å². The molecule has 24 heavy (non-hydrogen) atoms. The number of amides is 1. The van der Waals surface area contributed by atoms with Crippen LogP contribution in [0.4, 0.5) is 17.1 Å². The number of anilines is 3. The van der Waals surface area contributed by atoms with E-state index in [9.17, 15) is 10.1 Å². The van der Waals surface area contributed by atoms with E-state index in [1.807, 2.05) is 51.1 Å². The average Bonchev–Trinajstić information content (AvgIpc) is 2.55. The van der Waals surface area contributed by atoms with Crippen molar-refractivity contribution in [3.8, 4) is 6.07 Å². The summed E-state index contributed by atoms with van der Waals surface area (Å²) in [5.74, 6) is -0.468. The normalized spacial score (nSPS) is 10.8. The zero-order valence-corrected chi connectivity index (χ0v) is 14.0. The average molecular weight is 320 g/mol. The van der Waals surface area contributed by atoms with E-state index in [0.717, 1.165) is 16.7 Å². The zero-order chi connectivity index (χ0) is 17.7. The quantitative estimate of drug-likeness (QED) is 0.455. The van der Waals surface area contributed by atoms with Gasteiger partial charge >= 0.3 is 0 Å². The van der Waals surface area contributed by atoms with Gasteiger partial charge in [0, 0.05) is 11.9 Å². The molecule has 0 radical (unpaired) electrons. The molecule has 2 aromatic carbocycles. The molecule has 0 saturated carbocycles.